The molecule has 3 rings (SSSR count). The summed E-state index contributed by atoms with van der Waals surface area (Å²) in [5, 5.41) is 2.47. The van der Waals surface area contributed by atoms with Crippen molar-refractivity contribution in [1.82, 2.24) is 0 Å². The zero-order chi connectivity index (χ0) is 11.1. The number of rotatable bonds is 0. The Morgan fingerprint density at radius 3 is 2.69 bits per heavy atom. The van der Waals surface area contributed by atoms with E-state index in [1.54, 1.807) is 0 Å². The molecule has 1 aliphatic rings. The van der Waals surface area contributed by atoms with E-state index in [0.29, 0.717) is 6.61 Å². The van der Waals surface area contributed by atoms with Crippen molar-refractivity contribution in [3.63, 3.8) is 0 Å². The zero-order valence-corrected chi connectivity index (χ0v) is 9.58. The first-order valence-electron chi connectivity index (χ1n) is 5.58. The minimum absolute atomic E-state index is 0.714. The molecule has 16 heavy (non-hydrogen) atoms. The Bertz CT molecular complexity index is 589. The highest BCUT2D eigenvalue weighted by Gasteiger charge is 2.20. The number of ether oxygens (including phenoxy) is 1. The number of fused-ring (bicyclic) bond motifs is 3. The molecule has 0 radical (unpaired) electrons. The third-order valence-electron chi connectivity index (χ3n) is 3.17. The molecule has 1 aliphatic heterocycles. The molecular formula is C15H14O. The van der Waals surface area contributed by atoms with Crippen LogP contribution in [0.25, 0.3) is 16.3 Å². The summed E-state index contributed by atoms with van der Waals surface area (Å²) in [6, 6.07) is 12.7. The molecule has 80 valence electrons. The standard InChI is InChI=1S/C15H14O/c1-10(2)14-9-16-15-12-6-4-3-5-11(12)7-8-13(14)15/h3-8H,9H2,1-2H3. The smallest absolute Gasteiger partial charge is 0.135 e. The summed E-state index contributed by atoms with van der Waals surface area (Å²) in [4.78, 5) is 0. The summed E-state index contributed by atoms with van der Waals surface area (Å²) in [5.74, 6) is 1.05. The Labute approximate surface area is 95.4 Å². The van der Waals surface area contributed by atoms with Crippen LogP contribution in [0.3, 0.4) is 0 Å². The van der Waals surface area contributed by atoms with Crippen LogP contribution >= 0.6 is 0 Å². The molecule has 0 amide bonds. The number of benzene rings is 2. The van der Waals surface area contributed by atoms with E-state index in [4.69, 9.17) is 4.74 Å². The lowest BCUT2D eigenvalue weighted by Crippen LogP contribution is -1.89. The maximum atomic E-state index is 5.83. The summed E-state index contributed by atoms with van der Waals surface area (Å²) < 4.78 is 5.83. The fourth-order valence-corrected chi connectivity index (χ4v) is 2.27. The lowest BCUT2D eigenvalue weighted by molar-refractivity contribution is 0.392. The quantitative estimate of drug-likeness (QED) is 0.638. The van der Waals surface area contributed by atoms with E-state index in [0.717, 1.165) is 5.75 Å². The summed E-state index contributed by atoms with van der Waals surface area (Å²) in [7, 11) is 0. The minimum atomic E-state index is 0.714. The van der Waals surface area contributed by atoms with Gasteiger partial charge in [0, 0.05) is 10.9 Å². The predicted molar refractivity (Wildman–Crippen MR) is 67.7 cm³/mol. The van der Waals surface area contributed by atoms with E-state index < -0.39 is 0 Å². The maximum Gasteiger partial charge on any atom is 0.135 e. The van der Waals surface area contributed by atoms with Gasteiger partial charge < -0.3 is 4.74 Å². The van der Waals surface area contributed by atoms with E-state index in [1.807, 2.05) is 0 Å². The topological polar surface area (TPSA) is 9.23 Å². The van der Waals surface area contributed by atoms with Crippen molar-refractivity contribution in [2.75, 3.05) is 6.61 Å². The Morgan fingerprint density at radius 1 is 1.06 bits per heavy atom. The Kier molecular flexibility index (Phi) is 2.00. The number of allylic oxidation sites excluding steroid dienone is 1. The van der Waals surface area contributed by atoms with Crippen molar-refractivity contribution in [3.8, 4) is 5.75 Å². The molecule has 0 aromatic heterocycles. The van der Waals surface area contributed by atoms with Gasteiger partial charge in [-0.3, -0.25) is 0 Å². The van der Waals surface area contributed by atoms with Crippen LogP contribution in [0.1, 0.15) is 19.4 Å². The van der Waals surface area contributed by atoms with Crippen LogP contribution < -0.4 is 4.74 Å². The Hall–Kier alpha value is -1.76. The van der Waals surface area contributed by atoms with Crippen LogP contribution in [0.15, 0.2) is 42.0 Å². The monoisotopic (exact) mass is 210 g/mol. The molecule has 2 aromatic carbocycles. The van der Waals surface area contributed by atoms with Gasteiger partial charge in [-0.25, -0.2) is 0 Å². The molecule has 0 fully saturated rings. The Morgan fingerprint density at radius 2 is 1.88 bits per heavy atom. The molecule has 1 heteroatoms. The van der Waals surface area contributed by atoms with E-state index in [-0.39, 0.29) is 0 Å². The zero-order valence-electron chi connectivity index (χ0n) is 9.58. The van der Waals surface area contributed by atoms with Gasteiger partial charge in [0.15, 0.2) is 0 Å². The van der Waals surface area contributed by atoms with Gasteiger partial charge in [0.2, 0.25) is 0 Å². The van der Waals surface area contributed by atoms with Crippen molar-refractivity contribution in [2.24, 2.45) is 0 Å². The van der Waals surface area contributed by atoms with E-state index >= 15 is 0 Å². The summed E-state index contributed by atoms with van der Waals surface area (Å²) in [6.07, 6.45) is 0. The highest BCUT2D eigenvalue weighted by Crippen LogP contribution is 2.40. The van der Waals surface area contributed by atoms with E-state index in [9.17, 15) is 0 Å². The second-order valence-corrected chi connectivity index (χ2v) is 4.43. The molecule has 0 unspecified atom stereocenters. The first kappa shape index (κ1) is 9.46. The molecule has 0 atom stereocenters. The molecular weight excluding hydrogens is 196 g/mol. The molecule has 1 heterocycles. The number of hydrogen-bond donors (Lipinski definition) is 0. The van der Waals surface area contributed by atoms with Gasteiger partial charge in [-0.15, -0.1) is 0 Å². The summed E-state index contributed by atoms with van der Waals surface area (Å²) >= 11 is 0. The average molecular weight is 210 g/mol. The van der Waals surface area contributed by atoms with Crippen molar-refractivity contribution in [1.29, 1.82) is 0 Å². The largest absolute Gasteiger partial charge is 0.488 e. The molecule has 0 bridgehead atoms. The molecule has 0 saturated carbocycles. The van der Waals surface area contributed by atoms with Gasteiger partial charge in [-0.1, -0.05) is 42.0 Å². The highest BCUT2D eigenvalue weighted by atomic mass is 16.5. The summed E-state index contributed by atoms with van der Waals surface area (Å²) in [6.45, 7) is 5.00. The fourth-order valence-electron chi connectivity index (χ4n) is 2.27. The van der Waals surface area contributed by atoms with E-state index in [1.165, 1.54) is 27.5 Å². The Balaban J connectivity index is 2.35. The lowest BCUT2D eigenvalue weighted by Gasteiger charge is -2.04. The van der Waals surface area contributed by atoms with Gasteiger partial charge >= 0.3 is 0 Å². The molecule has 1 nitrogen and oxygen atoms in total. The summed E-state index contributed by atoms with van der Waals surface area (Å²) in [5.41, 5.74) is 3.94. The third kappa shape index (κ3) is 1.25. The lowest BCUT2D eigenvalue weighted by atomic mass is 9.99. The minimum Gasteiger partial charge on any atom is -0.488 e. The number of hydrogen-bond acceptors (Lipinski definition) is 1. The van der Waals surface area contributed by atoms with Crippen molar-refractivity contribution < 1.29 is 4.74 Å². The molecule has 0 N–H and O–H groups in total. The van der Waals surface area contributed by atoms with Gasteiger partial charge in [0.25, 0.3) is 0 Å². The second-order valence-electron chi connectivity index (χ2n) is 4.43. The predicted octanol–water partition coefficient (Wildman–Crippen LogP) is 4.03. The van der Waals surface area contributed by atoms with Crippen molar-refractivity contribution in [3.05, 3.63) is 47.5 Å². The van der Waals surface area contributed by atoms with Crippen molar-refractivity contribution in [2.45, 2.75) is 13.8 Å². The van der Waals surface area contributed by atoms with Gasteiger partial charge in [-0.2, -0.15) is 0 Å². The van der Waals surface area contributed by atoms with Crippen LogP contribution in [-0.4, -0.2) is 6.61 Å². The fraction of sp³-hybridized carbons (Fsp3) is 0.200. The SMILES string of the molecule is CC(C)=C1COc2c1ccc1ccccc21. The van der Waals surface area contributed by atoms with Crippen LogP contribution in [0.4, 0.5) is 0 Å². The first-order valence-corrected chi connectivity index (χ1v) is 5.58. The normalized spacial score (nSPS) is 13.8. The molecule has 2 aromatic rings. The maximum absolute atomic E-state index is 5.83. The van der Waals surface area contributed by atoms with Crippen LogP contribution in [0, 0.1) is 0 Å². The molecule has 0 saturated heterocycles. The van der Waals surface area contributed by atoms with Crippen molar-refractivity contribution >= 4 is 16.3 Å². The van der Waals surface area contributed by atoms with Gasteiger partial charge in [0.1, 0.15) is 12.4 Å². The van der Waals surface area contributed by atoms with Crippen LogP contribution in [0.5, 0.6) is 5.75 Å². The average Bonchev–Trinajstić information content (AvgIpc) is 2.73. The first-order chi connectivity index (χ1) is 7.77. The molecule has 0 spiro atoms. The molecule has 0 aliphatic carbocycles. The van der Waals surface area contributed by atoms with Gasteiger partial charge in [0.05, 0.1) is 0 Å². The van der Waals surface area contributed by atoms with Gasteiger partial charge in [-0.05, 0) is 24.8 Å². The van der Waals surface area contributed by atoms with Crippen LogP contribution in [-0.2, 0) is 0 Å². The second kappa shape index (κ2) is 3.38. The third-order valence-corrected chi connectivity index (χ3v) is 3.17. The van der Waals surface area contributed by atoms with E-state index in [2.05, 4.69) is 50.2 Å². The highest BCUT2D eigenvalue weighted by molar-refractivity contribution is 5.95. The van der Waals surface area contributed by atoms with Crippen LogP contribution in [0.2, 0.25) is 0 Å².